The minimum atomic E-state index is -1.83. The van der Waals surface area contributed by atoms with E-state index in [-0.39, 0.29) is 11.3 Å². The van der Waals surface area contributed by atoms with Crippen molar-refractivity contribution in [3.63, 3.8) is 0 Å². The molecule has 124 valence electrons. The van der Waals surface area contributed by atoms with Gasteiger partial charge in [0.2, 0.25) is 8.32 Å². The summed E-state index contributed by atoms with van der Waals surface area (Å²) in [4.78, 5) is 0. The summed E-state index contributed by atoms with van der Waals surface area (Å²) in [6.07, 6.45) is 3.26. The van der Waals surface area contributed by atoms with Crippen LogP contribution in [0.15, 0.2) is 24.3 Å². The minimum absolute atomic E-state index is 0.0605. The molecule has 1 saturated heterocycles. The van der Waals surface area contributed by atoms with Gasteiger partial charge in [-0.3, -0.25) is 0 Å². The molecule has 2 rings (SSSR count). The van der Waals surface area contributed by atoms with Crippen molar-refractivity contribution in [2.24, 2.45) is 0 Å². The van der Waals surface area contributed by atoms with Crippen molar-refractivity contribution in [3.05, 3.63) is 29.8 Å². The van der Waals surface area contributed by atoms with Crippen LogP contribution in [0.25, 0.3) is 0 Å². The second-order valence-corrected chi connectivity index (χ2v) is 12.3. The van der Waals surface area contributed by atoms with Gasteiger partial charge in [-0.2, -0.15) is 0 Å². The fraction of sp³-hybridized carbons (Fsp3) is 0.667. The standard InChI is InChI=1S/C18H30O3Si/c1-18(2,3)22(4,5)21-16-11-7-6-10-15(16)14-20-17-12-8-9-13-19-17/h6-7,10-11,17H,8-9,12-14H2,1-5H3. The van der Waals surface area contributed by atoms with Crippen molar-refractivity contribution >= 4 is 8.32 Å². The smallest absolute Gasteiger partial charge is 0.250 e. The van der Waals surface area contributed by atoms with E-state index in [9.17, 15) is 0 Å². The Morgan fingerprint density at radius 3 is 2.55 bits per heavy atom. The summed E-state index contributed by atoms with van der Waals surface area (Å²) < 4.78 is 18.0. The second-order valence-electron chi connectivity index (χ2n) is 7.58. The largest absolute Gasteiger partial charge is 0.543 e. The van der Waals surface area contributed by atoms with Crippen molar-refractivity contribution in [1.29, 1.82) is 0 Å². The summed E-state index contributed by atoms with van der Waals surface area (Å²) in [5.74, 6) is 0.963. The monoisotopic (exact) mass is 322 g/mol. The van der Waals surface area contributed by atoms with E-state index >= 15 is 0 Å². The Bertz CT molecular complexity index is 473. The Balaban J connectivity index is 2.03. The second kappa shape index (κ2) is 7.15. The molecule has 22 heavy (non-hydrogen) atoms. The molecule has 0 radical (unpaired) electrons. The Hall–Kier alpha value is -0.843. The zero-order valence-electron chi connectivity index (χ0n) is 14.6. The fourth-order valence-electron chi connectivity index (χ4n) is 2.18. The third-order valence-electron chi connectivity index (χ3n) is 4.71. The first-order chi connectivity index (χ1) is 10.3. The number of hydrogen-bond acceptors (Lipinski definition) is 3. The lowest BCUT2D eigenvalue weighted by Crippen LogP contribution is -2.44. The van der Waals surface area contributed by atoms with E-state index in [2.05, 4.69) is 46.0 Å². The molecule has 1 aromatic carbocycles. The Labute approximate surface area is 136 Å². The van der Waals surface area contributed by atoms with E-state index in [1.807, 2.05) is 12.1 Å². The summed E-state index contributed by atoms with van der Waals surface area (Å²) in [6, 6.07) is 8.22. The lowest BCUT2D eigenvalue weighted by atomic mass is 10.2. The number of rotatable bonds is 5. The van der Waals surface area contributed by atoms with Crippen LogP contribution in [0, 0.1) is 0 Å². The van der Waals surface area contributed by atoms with Gasteiger partial charge in [-0.15, -0.1) is 0 Å². The van der Waals surface area contributed by atoms with Gasteiger partial charge < -0.3 is 13.9 Å². The van der Waals surface area contributed by atoms with E-state index in [0.29, 0.717) is 6.61 Å². The van der Waals surface area contributed by atoms with Crippen molar-refractivity contribution < 1.29 is 13.9 Å². The summed E-state index contributed by atoms with van der Waals surface area (Å²) in [7, 11) is -1.83. The summed E-state index contributed by atoms with van der Waals surface area (Å²) in [6.45, 7) is 12.7. The Morgan fingerprint density at radius 2 is 1.91 bits per heavy atom. The van der Waals surface area contributed by atoms with E-state index in [1.165, 1.54) is 6.42 Å². The molecule has 0 saturated carbocycles. The third kappa shape index (κ3) is 4.57. The molecule has 0 amide bonds. The molecule has 0 N–H and O–H groups in total. The van der Waals surface area contributed by atoms with Gasteiger partial charge in [-0.1, -0.05) is 39.0 Å². The topological polar surface area (TPSA) is 27.7 Å². The first-order valence-corrected chi connectivity index (χ1v) is 11.2. The van der Waals surface area contributed by atoms with Gasteiger partial charge in [0.25, 0.3) is 0 Å². The van der Waals surface area contributed by atoms with Crippen molar-refractivity contribution in [2.75, 3.05) is 6.61 Å². The molecule has 1 atom stereocenters. The average molecular weight is 323 g/mol. The van der Waals surface area contributed by atoms with Crippen molar-refractivity contribution in [2.45, 2.75) is 71.1 Å². The van der Waals surface area contributed by atoms with Crippen LogP contribution in [0.5, 0.6) is 5.75 Å². The number of benzene rings is 1. The van der Waals surface area contributed by atoms with Crippen molar-refractivity contribution in [1.82, 2.24) is 0 Å². The zero-order valence-corrected chi connectivity index (χ0v) is 15.6. The maximum atomic E-state index is 6.46. The molecule has 4 heteroatoms. The molecule has 0 aliphatic carbocycles. The predicted molar refractivity (Wildman–Crippen MR) is 92.6 cm³/mol. The average Bonchev–Trinajstić information content (AvgIpc) is 2.46. The third-order valence-corrected chi connectivity index (χ3v) is 9.05. The van der Waals surface area contributed by atoms with Gasteiger partial charge in [-0.05, 0) is 43.5 Å². The zero-order chi connectivity index (χ0) is 16.2. The molecule has 1 aromatic rings. The van der Waals surface area contributed by atoms with Crippen LogP contribution in [0.4, 0.5) is 0 Å². The summed E-state index contributed by atoms with van der Waals surface area (Å²) >= 11 is 0. The number of ether oxygens (including phenoxy) is 2. The van der Waals surface area contributed by atoms with E-state index in [4.69, 9.17) is 13.9 Å². The van der Waals surface area contributed by atoms with E-state index < -0.39 is 8.32 Å². The molecule has 0 aromatic heterocycles. The summed E-state index contributed by atoms with van der Waals surface area (Å²) in [5.41, 5.74) is 1.11. The quantitative estimate of drug-likeness (QED) is 0.705. The molecule has 0 bridgehead atoms. The number of hydrogen-bond donors (Lipinski definition) is 0. The highest BCUT2D eigenvalue weighted by atomic mass is 28.4. The van der Waals surface area contributed by atoms with Gasteiger partial charge >= 0.3 is 0 Å². The van der Waals surface area contributed by atoms with Gasteiger partial charge in [0.15, 0.2) is 6.29 Å². The van der Waals surface area contributed by atoms with Crippen LogP contribution in [0.3, 0.4) is 0 Å². The highest BCUT2D eigenvalue weighted by Crippen LogP contribution is 2.38. The summed E-state index contributed by atoms with van der Waals surface area (Å²) in [5, 5.41) is 0.188. The lowest BCUT2D eigenvalue weighted by molar-refractivity contribution is -0.169. The molecule has 1 fully saturated rings. The molecule has 0 spiro atoms. The lowest BCUT2D eigenvalue weighted by Gasteiger charge is -2.37. The van der Waals surface area contributed by atoms with Crippen LogP contribution in [-0.4, -0.2) is 21.2 Å². The normalized spacial score (nSPS) is 20.0. The van der Waals surface area contributed by atoms with E-state index in [0.717, 1.165) is 30.8 Å². The molecular formula is C18H30O3Si. The SMILES string of the molecule is CC(C)(C)[Si](C)(C)Oc1ccccc1COC1CCCCO1. The van der Waals surface area contributed by atoms with Gasteiger partial charge in [0.1, 0.15) is 5.75 Å². The molecule has 3 nitrogen and oxygen atoms in total. The van der Waals surface area contributed by atoms with Gasteiger partial charge in [0, 0.05) is 12.2 Å². The van der Waals surface area contributed by atoms with Crippen LogP contribution in [0.2, 0.25) is 18.1 Å². The van der Waals surface area contributed by atoms with Crippen LogP contribution < -0.4 is 4.43 Å². The van der Waals surface area contributed by atoms with Gasteiger partial charge in [-0.25, -0.2) is 0 Å². The Morgan fingerprint density at radius 1 is 1.18 bits per heavy atom. The van der Waals surface area contributed by atoms with E-state index in [1.54, 1.807) is 0 Å². The first kappa shape index (κ1) is 17.5. The minimum Gasteiger partial charge on any atom is -0.543 e. The Kier molecular flexibility index (Phi) is 5.69. The predicted octanol–water partition coefficient (Wildman–Crippen LogP) is 5.11. The molecule has 1 aliphatic rings. The maximum absolute atomic E-state index is 6.46. The molecule has 1 aliphatic heterocycles. The van der Waals surface area contributed by atoms with Crippen LogP contribution in [-0.2, 0) is 16.1 Å². The molecule has 1 unspecified atom stereocenters. The fourth-order valence-corrected chi connectivity index (χ4v) is 3.23. The highest BCUT2D eigenvalue weighted by Gasteiger charge is 2.39. The van der Waals surface area contributed by atoms with Crippen LogP contribution >= 0.6 is 0 Å². The van der Waals surface area contributed by atoms with Crippen LogP contribution in [0.1, 0.15) is 45.6 Å². The highest BCUT2D eigenvalue weighted by molar-refractivity contribution is 6.74. The van der Waals surface area contributed by atoms with Gasteiger partial charge in [0.05, 0.1) is 6.61 Å². The maximum Gasteiger partial charge on any atom is 0.250 e. The first-order valence-electron chi connectivity index (χ1n) is 8.30. The number of para-hydroxylation sites is 1. The van der Waals surface area contributed by atoms with Crippen molar-refractivity contribution in [3.8, 4) is 5.75 Å². The molecule has 1 heterocycles. The molecular weight excluding hydrogens is 292 g/mol.